The number of aromatic nitrogens is 1. The van der Waals surface area contributed by atoms with Crippen LogP contribution in [0, 0.1) is 5.82 Å². The molecule has 0 spiro atoms. The molecule has 0 saturated carbocycles. The van der Waals surface area contributed by atoms with E-state index in [1.807, 2.05) is 18.7 Å². The molecule has 0 aliphatic carbocycles. The fourth-order valence-corrected chi connectivity index (χ4v) is 5.59. The maximum atomic E-state index is 14.8. The zero-order chi connectivity index (χ0) is 26.5. The van der Waals surface area contributed by atoms with Crippen molar-refractivity contribution >= 4 is 11.8 Å². The highest BCUT2D eigenvalue weighted by atomic mass is 19.1. The highest BCUT2D eigenvalue weighted by molar-refractivity contribution is 5.77. The maximum absolute atomic E-state index is 14.8. The first-order valence-corrected chi connectivity index (χ1v) is 13.6. The number of ether oxygens (including phenoxy) is 1. The molecule has 202 valence electrons. The Hall–Kier alpha value is -2.71. The Morgan fingerprint density at radius 2 is 2.14 bits per heavy atom. The van der Waals surface area contributed by atoms with E-state index in [-0.39, 0.29) is 17.7 Å². The molecule has 1 saturated heterocycles. The normalized spacial score (nSPS) is 18.6. The van der Waals surface area contributed by atoms with Crippen LogP contribution in [0.4, 0.5) is 10.2 Å². The summed E-state index contributed by atoms with van der Waals surface area (Å²) < 4.78 is 20.1. The lowest BCUT2D eigenvalue weighted by molar-refractivity contribution is -0.143. The molecule has 1 aromatic heterocycles. The SMILES string of the molecule is COc1c(F)cc(C(C)C)cc1[C@H](C(=O)O)N1CC[C@@H](N(C)CCCCc2ccc3c(n2)NCCC3)C1. The molecule has 37 heavy (non-hydrogen) atoms. The molecule has 0 amide bonds. The van der Waals surface area contributed by atoms with Gasteiger partial charge in [-0.1, -0.05) is 19.9 Å². The van der Waals surface area contributed by atoms with E-state index >= 15 is 0 Å². The van der Waals surface area contributed by atoms with E-state index < -0.39 is 17.8 Å². The quantitative estimate of drug-likeness (QED) is 0.416. The predicted molar refractivity (Wildman–Crippen MR) is 144 cm³/mol. The molecule has 4 rings (SSSR count). The van der Waals surface area contributed by atoms with Crippen LogP contribution < -0.4 is 10.1 Å². The first-order valence-electron chi connectivity index (χ1n) is 13.6. The second kappa shape index (κ2) is 12.2. The van der Waals surface area contributed by atoms with Crippen LogP contribution in [-0.2, 0) is 17.6 Å². The van der Waals surface area contributed by atoms with Crippen LogP contribution in [0.3, 0.4) is 0 Å². The number of fused-ring (bicyclic) bond motifs is 1. The summed E-state index contributed by atoms with van der Waals surface area (Å²) in [4.78, 5) is 21.5. The van der Waals surface area contributed by atoms with Gasteiger partial charge < -0.3 is 20.1 Å². The summed E-state index contributed by atoms with van der Waals surface area (Å²) in [5, 5.41) is 13.6. The van der Waals surface area contributed by atoms with Crippen LogP contribution in [0.2, 0.25) is 0 Å². The van der Waals surface area contributed by atoms with Crippen LogP contribution in [0.15, 0.2) is 24.3 Å². The van der Waals surface area contributed by atoms with Crippen molar-refractivity contribution in [1.82, 2.24) is 14.8 Å². The number of nitrogens with zero attached hydrogens (tertiary/aromatic N) is 3. The lowest BCUT2D eigenvalue weighted by Crippen LogP contribution is -2.38. The first-order chi connectivity index (χ1) is 17.8. The van der Waals surface area contributed by atoms with Crippen LogP contribution in [-0.4, -0.2) is 72.2 Å². The van der Waals surface area contributed by atoms with Crippen molar-refractivity contribution in [3.8, 4) is 5.75 Å². The Morgan fingerprint density at radius 3 is 2.86 bits per heavy atom. The number of hydrogen-bond donors (Lipinski definition) is 2. The number of hydrogen-bond acceptors (Lipinski definition) is 6. The number of aliphatic carboxylic acids is 1. The summed E-state index contributed by atoms with van der Waals surface area (Å²) in [6.45, 7) is 7.16. The van der Waals surface area contributed by atoms with Crippen molar-refractivity contribution in [2.24, 2.45) is 0 Å². The Labute approximate surface area is 220 Å². The standard InChI is InChI=1S/C29H41FN4O3/c1-19(2)21-16-24(27(37-4)25(30)17-21)26(29(35)36)34-15-12-23(18-34)33(3)14-6-5-9-22-11-10-20-8-7-13-31-28(20)32-22/h10-11,16-17,19,23,26H,5-9,12-15,18H2,1-4H3,(H,31,32)(H,35,36)/t23-,26-/m1/s1. The zero-order valence-electron chi connectivity index (χ0n) is 22.6. The highest BCUT2D eigenvalue weighted by Gasteiger charge is 2.37. The third kappa shape index (κ3) is 6.41. The zero-order valence-corrected chi connectivity index (χ0v) is 22.6. The van der Waals surface area contributed by atoms with Crippen molar-refractivity contribution in [2.45, 2.75) is 70.4 Å². The molecule has 0 unspecified atom stereocenters. The molecule has 2 atom stereocenters. The minimum Gasteiger partial charge on any atom is -0.493 e. The smallest absolute Gasteiger partial charge is 0.325 e. The average Bonchev–Trinajstić information content (AvgIpc) is 3.36. The summed E-state index contributed by atoms with van der Waals surface area (Å²) in [7, 11) is 3.51. The average molecular weight is 513 g/mol. The number of aryl methyl sites for hydroxylation is 2. The lowest BCUT2D eigenvalue weighted by atomic mass is 9.95. The number of likely N-dealkylation sites (tertiary alicyclic amines) is 1. The maximum Gasteiger partial charge on any atom is 0.325 e. The van der Waals surface area contributed by atoms with Crippen LogP contribution in [0.1, 0.15) is 73.9 Å². The van der Waals surface area contributed by atoms with Crippen molar-refractivity contribution in [3.05, 3.63) is 52.5 Å². The van der Waals surface area contributed by atoms with Crippen LogP contribution in [0.5, 0.6) is 5.75 Å². The van der Waals surface area contributed by atoms with Crippen LogP contribution >= 0.6 is 0 Å². The Morgan fingerprint density at radius 1 is 1.32 bits per heavy atom. The number of halogens is 1. The van der Waals surface area contributed by atoms with Crippen molar-refractivity contribution in [2.75, 3.05) is 45.7 Å². The fourth-order valence-electron chi connectivity index (χ4n) is 5.59. The number of unbranched alkanes of at least 4 members (excludes halogenated alkanes) is 1. The van der Waals surface area contributed by atoms with E-state index in [2.05, 4.69) is 29.4 Å². The largest absolute Gasteiger partial charge is 0.493 e. The number of anilines is 1. The summed E-state index contributed by atoms with van der Waals surface area (Å²) in [6, 6.07) is 6.93. The van der Waals surface area contributed by atoms with Crippen molar-refractivity contribution in [3.63, 3.8) is 0 Å². The molecule has 0 radical (unpaired) electrons. The molecule has 0 bridgehead atoms. The molecular formula is C29H41FN4O3. The van der Waals surface area contributed by atoms with Gasteiger partial charge in [0, 0.05) is 36.9 Å². The molecule has 1 aromatic carbocycles. The molecule has 2 aromatic rings. The summed E-state index contributed by atoms with van der Waals surface area (Å²) in [6.07, 6.45) is 6.22. The van der Waals surface area contributed by atoms with Gasteiger partial charge in [-0.15, -0.1) is 0 Å². The van der Waals surface area contributed by atoms with Gasteiger partial charge in [0.1, 0.15) is 11.9 Å². The van der Waals surface area contributed by atoms with Crippen LogP contribution in [0.25, 0.3) is 0 Å². The molecule has 1 fully saturated rings. The Bertz CT molecular complexity index is 1090. The second-order valence-corrected chi connectivity index (χ2v) is 10.7. The van der Waals surface area contributed by atoms with Gasteiger partial charge in [-0.25, -0.2) is 9.37 Å². The fraction of sp³-hybridized carbons (Fsp3) is 0.586. The van der Waals surface area contributed by atoms with E-state index in [9.17, 15) is 14.3 Å². The third-order valence-corrected chi connectivity index (χ3v) is 7.82. The van der Waals surface area contributed by atoms with Gasteiger partial charge in [0.05, 0.1) is 7.11 Å². The molecule has 3 heterocycles. The first kappa shape index (κ1) is 27.3. The second-order valence-electron chi connectivity index (χ2n) is 10.7. The molecular weight excluding hydrogens is 471 g/mol. The van der Waals surface area contributed by atoms with E-state index in [1.54, 1.807) is 6.07 Å². The number of likely N-dealkylation sites (N-methyl/N-ethyl adjacent to an activating group) is 1. The van der Waals surface area contributed by atoms with Crippen molar-refractivity contribution in [1.29, 1.82) is 0 Å². The van der Waals surface area contributed by atoms with Gasteiger partial charge in [0.2, 0.25) is 0 Å². The van der Waals surface area contributed by atoms with Gasteiger partial charge in [-0.3, -0.25) is 9.69 Å². The topological polar surface area (TPSA) is 77.9 Å². The third-order valence-electron chi connectivity index (χ3n) is 7.82. The number of nitrogens with one attached hydrogen (secondary N) is 1. The van der Waals surface area contributed by atoms with E-state index in [1.165, 1.54) is 25.2 Å². The highest BCUT2D eigenvalue weighted by Crippen LogP contribution is 2.37. The molecule has 2 N–H and O–H groups in total. The number of carboxylic acids is 1. The minimum atomic E-state index is -0.978. The monoisotopic (exact) mass is 512 g/mol. The Balaban J connectivity index is 1.34. The van der Waals surface area contributed by atoms with Gasteiger partial charge in [0.15, 0.2) is 11.6 Å². The minimum absolute atomic E-state index is 0.0274. The van der Waals surface area contributed by atoms with Crippen molar-refractivity contribution < 1.29 is 19.0 Å². The lowest BCUT2D eigenvalue weighted by Gasteiger charge is -2.29. The summed E-state index contributed by atoms with van der Waals surface area (Å²) in [5.41, 5.74) is 3.62. The summed E-state index contributed by atoms with van der Waals surface area (Å²) >= 11 is 0. The van der Waals surface area contributed by atoms with Gasteiger partial charge in [-0.05, 0) is 87.4 Å². The number of rotatable bonds is 11. The molecule has 2 aliphatic rings. The number of carbonyl (C=O) groups is 1. The number of methoxy groups -OCH3 is 1. The molecule has 7 nitrogen and oxygen atoms in total. The summed E-state index contributed by atoms with van der Waals surface area (Å²) in [5.74, 6) is -0.324. The van der Waals surface area contributed by atoms with E-state index in [0.717, 1.165) is 62.3 Å². The van der Waals surface area contributed by atoms with Gasteiger partial charge in [-0.2, -0.15) is 0 Å². The number of carboxylic acid groups (broad SMARTS) is 1. The number of benzene rings is 1. The Kier molecular flexibility index (Phi) is 9.03. The van der Waals surface area contributed by atoms with E-state index in [4.69, 9.17) is 9.72 Å². The van der Waals surface area contributed by atoms with Gasteiger partial charge >= 0.3 is 5.97 Å². The van der Waals surface area contributed by atoms with Gasteiger partial charge in [0.25, 0.3) is 0 Å². The molecule has 8 heteroatoms. The molecule has 2 aliphatic heterocycles. The predicted octanol–water partition coefficient (Wildman–Crippen LogP) is 4.87. The number of pyridine rings is 1. The van der Waals surface area contributed by atoms with E-state index in [0.29, 0.717) is 18.7 Å².